The van der Waals surface area contributed by atoms with Crippen LogP contribution in [-0.2, 0) is 9.53 Å². The predicted molar refractivity (Wildman–Crippen MR) is 87.7 cm³/mol. The monoisotopic (exact) mass is 316 g/mol. The number of carboxylic acids is 1. The molecule has 1 atom stereocenters. The molecule has 6 heteroatoms. The van der Waals surface area contributed by atoms with Gasteiger partial charge in [-0.25, -0.2) is 4.79 Å². The molecule has 1 aromatic heterocycles. The van der Waals surface area contributed by atoms with Crippen LogP contribution in [0.15, 0.2) is 30.9 Å². The van der Waals surface area contributed by atoms with Crippen LogP contribution in [0.4, 0.5) is 0 Å². The Morgan fingerprint density at radius 3 is 2.78 bits per heavy atom. The van der Waals surface area contributed by atoms with E-state index in [4.69, 9.17) is 9.84 Å². The molecule has 0 bridgehead atoms. The first-order valence-corrected chi connectivity index (χ1v) is 7.24. The fourth-order valence-corrected chi connectivity index (χ4v) is 2.40. The van der Waals surface area contributed by atoms with Gasteiger partial charge in [0.05, 0.1) is 13.2 Å². The fraction of sp³-hybridized carbons (Fsp3) is 0.294. The summed E-state index contributed by atoms with van der Waals surface area (Å²) >= 11 is 0. The number of carbonyl (C=O) groups is 2. The molecule has 0 saturated carbocycles. The lowest BCUT2D eigenvalue weighted by Crippen LogP contribution is -2.44. The number of carbonyl (C=O) groups excluding carboxylic acids is 1. The SMILES string of the molecule is C=CCOCC(NC(=O)c1cc2c(C)cc(C)cc2[nH]1)C(=O)O. The highest BCUT2D eigenvalue weighted by molar-refractivity contribution is 6.00. The average molecular weight is 316 g/mol. The maximum atomic E-state index is 12.3. The molecule has 3 N–H and O–H groups in total. The van der Waals surface area contributed by atoms with E-state index in [0.717, 1.165) is 22.0 Å². The second-order valence-electron chi connectivity index (χ2n) is 5.42. The lowest BCUT2D eigenvalue weighted by Gasteiger charge is -2.13. The van der Waals surface area contributed by atoms with Crippen LogP contribution in [0, 0.1) is 13.8 Å². The average Bonchev–Trinajstić information content (AvgIpc) is 2.90. The number of amides is 1. The van der Waals surface area contributed by atoms with Crippen molar-refractivity contribution in [2.24, 2.45) is 0 Å². The van der Waals surface area contributed by atoms with Gasteiger partial charge in [-0.2, -0.15) is 0 Å². The summed E-state index contributed by atoms with van der Waals surface area (Å²) in [6.45, 7) is 7.54. The molecule has 0 saturated heterocycles. The Morgan fingerprint density at radius 1 is 1.39 bits per heavy atom. The molecule has 6 nitrogen and oxygen atoms in total. The van der Waals surface area contributed by atoms with Crippen LogP contribution < -0.4 is 5.32 Å². The molecule has 1 unspecified atom stereocenters. The largest absolute Gasteiger partial charge is 0.480 e. The summed E-state index contributed by atoms with van der Waals surface area (Å²) < 4.78 is 5.11. The Kier molecular flexibility index (Phi) is 5.18. The lowest BCUT2D eigenvalue weighted by atomic mass is 10.1. The number of aromatic amines is 1. The molecule has 0 aliphatic carbocycles. The Balaban J connectivity index is 2.17. The highest BCUT2D eigenvalue weighted by Gasteiger charge is 2.22. The summed E-state index contributed by atoms with van der Waals surface area (Å²) in [5.41, 5.74) is 3.32. The van der Waals surface area contributed by atoms with E-state index in [2.05, 4.69) is 16.9 Å². The van der Waals surface area contributed by atoms with E-state index in [0.29, 0.717) is 5.69 Å². The minimum atomic E-state index is -1.15. The van der Waals surface area contributed by atoms with Crippen molar-refractivity contribution in [3.63, 3.8) is 0 Å². The number of aromatic nitrogens is 1. The van der Waals surface area contributed by atoms with Crippen molar-refractivity contribution in [1.82, 2.24) is 10.3 Å². The quantitative estimate of drug-likeness (QED) is 0.539. The number of hydrogen-bond donors (Lipinski definition) is 3. The molecule has 0 fully saturated rings. The summed E-state index contributed by atoms with van der Waals surface area (Å²) in [5.74, 6) is -1.63. The number of aryl methyl sites for hydroxylation is 2. The van der Waals surface area contributed by atoms with Gasteiger partial charge in [0.1, 0.15) is 5.69 Å². The molecule has 23 heavy (non-hydrogen) atoms. The van der Waals surface area contributed by atoms with Crippen molar-refractivity contribution in [2.75, 3.05) is 13.2 Å². The van der Waals surface area contributed by atoms with Crippen molar-refractivity contribution in [3.8, 4) is 0 Å². The van der Waals surface area contributed by atoms with Crippen molar-refractivity contribution >= 4 is 22.8 Å². The molecule has 1 aromatic carbocycles. The molecule has 1 heterocycles. The van der Waals surface area contributed by atoms with Crippen LogP contribution in [0.1, 0.15) is 21.6 Å². The van der Waals surface area contributed by atoms with Crippen molar-refractivity contribution in [2.45, 2.75) is 19.9 Å². The first kappa shape index (κ1) is 16.8. The number of aliphatic carboxylic acids is 1. The molecular weight excluding hydrogens is 296 g/mol. The second-order valence-corrected chi connectivity index (χ2v) is 5.42. The smallest absolute Gasteiger partial charge is 0.328 e. The van der Waals surface area contributed by atoms with Crippen LogP contribution in [0.3, 0.4) is 0 Å². The standard InChI is InChI=1S/C17H20N2O4/c1-4-5-23-9-15(17(21)22)19-16(20)14-8-12-11(3)6-10(2)7-13(12)18-14/h4,6-8,15,18H,1,5,9H2,2-3H3,(H,19,20)(H,21,22). The maximum absolute atomic E-state index is 12.3. The van der Waals surface area contributed by atoms with E-state index in [1.807, 2.05) is 26.0 Å². The third-order valence-electron chi connectivity index (χ3n) is 3.46. The first-order valence-electron chi connectivity index (χ1n) is 7.24. The van der Waals surface area contributed by atoms with Crippen molar-refractivity contribution in [1.29, 1.82) is 0 Å². The molecule has 2 aromatic rings. The molecule has 0 aliphatic rings. The van der Waals surface area contributed by atoms with Gasteiger partial charge >= 0.3 is 5.97 Å². The molecule has 0 aliphatic heterocycles. The molecule has 2 rings (SSSR count). The maximum Gasteiger partial charge on any atom is 0.328 e. The number of rotatable bonds is 7. The molecule has 122 valence electrons. The summed E-state index contributed by atoms with van der Waals surface area (Å²) in [4.78, 5) is 26.5. The van der Waals surface area contributed by atoms with Crippen LogP contribution >= 0.6 is 0 Å². The van der Waals surface area contributed by atoms with Crippen LogP contribution in [-0.4, -0.2) is 41.2 Å². The van der Waals surface area contributed by atoms with Gasteiger partial charge in [-0.05, 0) is 37.1 Å². The van der Waals surface area contributed by atoms with Crippen LogP contribution in [0.2, 0.25) is 0 Å². The minimum Gasteiger partial charge on any atom is -0.480 e. The van der Waals surface area contributed by atoms with E-state index in [1.165, 1.54) is 6.08 Å². The highest BCUT2D eigenvalue weighted by Crippen LogP contribution is 2.21. The van der Waals surface area contributed by atoms with Crippen molar-refractivity contribution < 1.29 is 19.4 Å². The molecule has 0 radical (unpaired) electrons. The van der Waals surface area contributed by atoms with Gasteiger partial charge in [0.2, 0.25) is 0 Å². The number of benzene rings is 1. The van der Waals surface area contributed by atoms with Crippen LogP contribution in [0.5, 0.6) is 0 Å². The molecule has 0 spiro atoms. The number of H-pyrrole nitrogens is 1. The minimum absolute atomic E-state index is 0.120. The van der Waals surface area contributed by atoms with Gasteiger partial charge in [-0.15, -0.1) is 6.58 Å². The first-order chi connectivity index (χ1) is 10.9. The number of ether oxygens (including phenoxy) is 1. The van der Waals surface area contributed by atoms with E-state index in [1.54, 1.807) is 6.07 Å². The molecular formula is C17H20N2O4. The van der Waals surface area contributed by atoms with Gasteiger partial charge in [-0.1, -0.05) is 12.1 Å². The predicted octanol–water partition coefficient (Wildman–Crippen LogP) is 2.17. The zero-order valence-electron chi connectivity index (χ0n) is 13.2. The van der Waals surface area contributed by atoms with Crippen molar-refractivity contribution in [3.05, 3.63) is 47.7 Å². The number of fused-ring (bicyclic) bond motifs is 1. The normalized spacial score (nSPS) is 12.1. The Bertz CT molecular complexity index is 748. The van der Waals surface area contributed by atoms with Gasteiger partial charge < -0.3 is 20.1 Å². The highest BCUT2D eigenvalue weighted by atomic mass is 16.5. The molecule has 1 amide bonds. The summed E-state index contributed by atoms with van der Waals surface area (Å²) in [6, 6.07) is 4.59. The zero-order chi connectivity index (χ0) is 17.0. The fourth-order valence-electron chi connectivity index (χ4n) is 2.40. The third kappa shape index (κ3) is 3.98. The van der Waals surface area contributed by atoms with Gasteiger partial charge in [0.25, 0.3) is 5.91 Å². The number of carboxylic acid groups (broad SMARTS) is 1. The Labute approximate surface area is 134 Å². The zero-order valence-corrected chi connectivity index (χ0v) is 13.2. The van der Waals surface area contributed by atoms with Crippen LogP contribution in [0.25, 0.3) is 10.9 Å². The summed E-state index contributed by atoms with van der Waals surface area (Å²) in [7, 11) is 0. The van der Waals surface area contributed by atoms with E-state index in [-0.39, 0.29) is 13.2 Å². The number of hydrogen-bond acceptors (Lipinski definition) is 3. The summed E-state index contributed by atoms with van der Waals surface area (Å²) in [5, 5.41) is 12.6. The van der Waals surface area contributed by atoms with E-state index in [9.17, 15) is 9.59 Å². The van der Waals surface area contributed by atoms with Gasteiger partial charge in [-0.3, -0.25) is 4.79 Å². The Hall–Kier alpha value is -2.60. The van der Waals surface area contributed by atoms with E-state index < -0.39 is 17.9 Å². The lowest BCUT2D eigenvalue weighted by molar-refractivity contribution is -0.140. The van der Waals surface area contributed by atoms with E-state index >= 15 is 0 Å². The summed E-state index contributed by atoms with van der Waals surface area (Å²) in [6.07, 6.45) is 1.52. The topological polar surface area (TPSA) is 91.4 Å². The van der Waals surface area contributed by atoms with Gasteiger partial charge in [0.15, 0.2) is 6.04 Å². The second kappa shape index (κ2) is 7.11. The third-order valence-corrected chi connectivity index (χ3v) is 3.46. The Morgan fingerprint density at radius 2 is 2.13 bits per heavy atom. The number of nitrogens with one attached hydrogen (secondary N) is 2. The van der Waals surface area contributed by atoms with Gasteiger partial charge in [0, 0.05) is 10.9 Å².